The van der Waals surface area contributed by atoms with Crippen molar-refractivity contribution in [2.24, 2.45) is 0 Å². The van der Waals surface area contributed by atoms with Gasteiger partial charge in [0, 0.05) is 29.2 Å². The van der Waals surface area contributed by atoms with Crippen molar-refractivity contribution in [3.63, 3.8) is 0 Å². The molecule has 138 valence electrons. The molecule has 2 aromatic carbocycles. The molecule has 0 radical (unpaired) electrons. The summed E-state index contributed by atoms with van der Waals surface area (Å²) in [5, 5.41) is 3.64. The van der Waals surface area contributed by atoms with Gasteiger partial charge in [0.05, 0.1) is 11.2 Å². The summed E-state index contributed by atoms with van der Waals surface area (Å²) in [4.78, 5) is 16.0. The molecule has 0 unspecified atom stereocenters. The van der Waals surface area contributed by atoms with Gasteiger partial charge in [-0.05, 0) is 48.6 Å². The number of carbonyl (C=O) groups excluding carboxylic acids is 1. The second-order valence-corrected chi connectivity index (χ2v) is 7.47. The zero-order chi connectivity index (χ0) is 18.8. The average Bonchev–Trinajstić information content (AvgIpc) is 2.69. The Balaban J connectivity index is 1.64. The summed E-state index contributed by atoms with van der Waals surface area (Å²) >= 11 is 0. The van der Waals surface area contributed by atoms with Crippen LogP contribution < -0.4 is 11.1 Å². The first-order valence-electron chi connectivity index (χ1n) is 9.68. The van der Waals surface area contributed by atoms with Crippen LogP contribution in [0.1, 0.15) is 50.5 Å². The maximum absolute atomic E-state index is 11.3. The van der Waals surface area contributed by atoms with Gasteiger partial charge in [-0.2, -0.15) is 0 Å². The highest BCUT2D eigenvalue weighted by Crippen LogP contribution is 2.34. The average molecular weight is 359 g/mol. The lowest BCUT2D eigenvalue weighted by molar-refractivity contribution is -0.114. The molecule has 1 heterocycles. The van der Waals surface area contributed by atoms with Crippen LogP contribution in [-0.2, 0) is 4.79 Å². The summed E-state index contributed by atoms with van der Waals surface area (Å²) in [5.74, 6) is 0.602. The summed E-state index contributed by atoms with van der Waals surface area (Å²) in [7, 11) is 0. The van der Waals surface area contributed by atoms with Gasteiger partial charge in [0.15, 0.2) is 0 Å². The molecule has 1 aromatic heterocycles. The number of amides is 1. The molecule has 0 saturated heterocycles. The maximum Gasteiger partial charge on any atom is 0.221 e. The molecule has 27 heavy (non-hydrogen) atoms. The predicted molar refractivity (Wildman–Crippen MR) is 112 cm³/mol. The predicted octanol–water partition coefficient (Wildman–Crippen LogP) is 5.49. The maximum atomic E-state index is 11.3. The molecule has 1 amide bonds. The van der Waals surface area contributed by atoms with Crippen LogP contribution >= 0.6 is 0 Å². The number of nitrogens with one attached hydrogen (secondary N) is 1. The summed E-state index contributed by atoms with van der Waals surface area (Å²) in [6, 6.07) is 16.3. The third kappa shape index (κ3) is 3.80. The van der Waals surface area contributed by atoms with E-state index in [-0.39, 0.29) is 5.91 Å². The third-order valence-corrected chi connectivity index (χ3v) is 5.44. The van der Waals surface area contributed by atoms with Gasteiger partial charge in [-0.3, -0.25) is 4.79 Å². The van der Waals surface area contributed by atoms with Gasteiger partial charge in [-0.15, -0.1) is 0 Å². The number of aromatic nitrogens is 1. The fourth-order valence-corrected chi connectivity index (χ4v) is 4.04. The Morgan fingerprint density at radius 1 is 1.04 bits per heavy atom. The minimum atomic E-state index is -0.101. The molecule has 0 spiro atoms. The number of hydrogen-bond acceptors (Lipinski definition) is 3. The number of benzene rings is 2. The molecule has 1 fully saturated rings. The standard InChI is InChI=1S/C23H25N3O/c1-15(27)25-19-11-12-22-20(13-19)21(24)14-23(26-22)18-9-7-17(8-10-18)16-5-3-2-4-6-16/h7-14,16H,2-6H2,1H3,(H2,24,26)(H,25,27). The van der Waals surface area contributed by atoms with Crippen molar-refractivity contribution in [2.45, 2.75) is 44.9 Å². The van der Waals surface area contributed by atoms with Gasteiger partial charge in [-0.25, -0.2) is 4.98 Å². The highest BCUT2D eigenvalue weighted by Gasteiger charge is 2.15. The lowest BCUT2D eigenvalue weighted by Crippen LogP contribution is -2.05. The Morgan fingerprint density at radius 3 is 2.48 bits per heavy atom. The second-order valence-electron chi connectivity index (χ2n) is 7.47. The first kappa shape index (κ1) is 17.5. The van der Waals surface area contributed by atoms with Crippen LogP contribution in [0.15, 0.2) is 48.5 Å². The van der Waals surface area contributed by atoms with E-state index in [1.807, 2.05) is 24.3 Å². The van der Waals surface area contributed by atoms with Gasteiger partial charge < -0.3 is 11.1 Å². The van der Waals surface area contributed by atoms with E-state index < -0.39 is 0 Å². The monoisotopic (exact) mass is 359 g/mol. The van der Waals surface area contributed by atoms with Crippen LogP contribution in [0.3, 0.4) is 0 Å². The number of carbonyl (C=O) groups is 1. The van der Waals surface area contributed by atoms with Crippen LogP contribution in [0.25, 0.3) is 22.2 Å². The normalized spacial score (nSPS) is 15.0. The molecular formula is C23H25N3O. The van der Waals surface area contributed by atoms with Crippen molar-refractivity contribution in [1.82, 2.24) is 4.98 Å². The molecule has 1 aliphatic rings. The van der Waals surface area contributed by atoms with E-state index in [0.717, 1.165) is 27.8 Å². The Hall–Kier alpha value is -2.88. The molecule has 0 atom stereocenters. The number of nitrogen functional groups attached to an aromatic ring is 1. The number of nitrogens with zero attached hydrogens (tertiary/aromatic N) is 1. The van der Waals surface area contributed by atoms with Crippen molar-refractivity contribution in [3.05, 3.63) is 54.1 Å². The molecule has 4 rings (SSSR count). The van der Waals surface area contributed by atoms with Crippen molar-refractivity contribution < 1.29 is 4.79 Å². The van der Waals surface area contributed by atoms with Crippen LogP contribution in [0.2, 0.25) is 0 Å². The SMILES string of the molecule is CC(=O)Nc1ccc2nc(-c3ccc(C4CCCCC4)cc3)cc(N)c2c1. The number of fused-ring (bicyclic) bond motifs is 1. The summed E-state index contributed by atoms with van der Waals surface area (Å²) < 4.78 is 0. The molecule has 0 bridgehead atoms. The van der Waals surface area contributed by atoms with E-state index in [0.29, 0.717) is 11.6 Å². The van der Waals surface area contributed by atoms with Crippen molar-refractivity contribution >= 4 is 28.2 Å². The lowest BCUT2D eigenvalue weighted by Gasteiger charge is -2.22. The van der Waals surface area contributed by atoms with Gasteiger partial charge in [-0.1, -0.05) is 43.5 Å². The summed E-state index contributed by atoms with van der Waals surface area (Å²) in [5.41, 5.74) is 11.9. The molecule has 3 aromatic rings. The first-order valence-corrected chi connectivity index (χ1v) is 9.68. The number of nitrogens with two attached hydrogens (primary N) is 1. The minimum absolute atomic E-state index is 0.101. The molecule has 4 heteroatoms. The zero-order valence-corrected chi connectivity index (χ0v) is 15.7. The molecular weight excluding hydrogens is 334 g/mol. The Labute approximate surface area is 159 Å². The van der Waals surface area contributed by atoms with E-state index in [1.54, 1.807) is 0 Å². The van der Waals surface area contributed by atoms with E-state index in [2.05, 4.69) is 29.6 Å². The summed E-state index contributed by atoms with van der Waals surface area (Å²) in [6.07, 6.45) is 6.66. The molecule has 3 N–H and O–H groups in total. The van der Waals surface area contributed by atoms with E-state index >= 15 is 0 Å². The highest BCUT2D eigenvalue weighted by molar-refractivity contribution is 5.97. The fraction of sp³-hybridized carbons (Fsp3) is 0.304. The van der Waals surface area contributed by atoms with Crippen LogP contribution in [0.4, 0.5) is 11.4 Å². The largest absolute Gasteiger partial charge is 0.398 e. The molecule has 4 nitrogen and oxygen atoms in total. The second kappa shape index (κ2) is 7.39. The number of anilines is 2. The Bertz CT molecular complexity index is 973. The number of hydrogen-bond donors (Lipinski definition) is 2. The zero-order valence-electron chi connectivity index (χ0n) is 15.7. The Morgan fingerprint density at radius 2 is 1.78 bits per heavy atom. The smallest absolute Gasteiger partial charge is 0.221 e. The quantitative estimate of drug-likeness (QED) is 0.650. The van der Waals surface area contributed by atoms with Crippen molar-refractivity contribution in [2.75, 3.05) is 11.1 Å². The van der Waals surface area contributed by atoms with E-state index in [4.69, 9.17) is 10.7 Å². The lowest BCUT2D eigenvalue weighted by atomic mass is 9.84. The van der Waals surface area contributed by atoms with Crippen LogP contribution in [0, 0.1) is 0 Å². The third-order valence-electron chi connectivity index (χ3n) is 5.44. The number of pyridine rings is 1. The van der Waals surface area contributed by atoms with Gasteiger partial charge >= 0.3 is 0 Å². The van der Waals surface area contributed by atoms with Crippen LogP contribution in [0.5, 0.6) is 0 Å². The molecule has 0 aliphatic heterocycles. The Kier molecular flexibility index (Phi) is 4.80. The van der Waals surface area contributed by atoms with Gasteiger partial charge in [0.25, 0.3) is 0 Å². The van der Waals surface area contributed by atoms with Gasteiger partial charge in [0.1, 0.15) is 0 Å². The first-order chi connectivity index (χ1) is 13.1. The molecule has 1 saturated carbocycles. The van der Waals surface area contributed by atoms with Crippen molar-refractivity contribution in [3.8, 4) is 11.3 Å². The van der Waals surface area contributed by atoms with E-state index in [9.17, 15) is 4.79 Å². The van der Waals surface area contributed by atoms with E-state index in [1.165, 1.54) is 44.6 Å². The van der Waals surface area contributed by atoms with Crippen LogP contribution in [-0.4, -0.2) is 10.9 Å². The number of rotatable bonds is 3. The minimum Gasteiger partial charge on any atom is -0.398 e. The highest BCUT2D eigenvalue weighted by atomic mass is 16.1. The van der Waals surface area contributed by atoms with Crippen molar-refractivity contribution in [1.29, 1.82) is 0 Å². The summed E-state index contributed by atoms with van der Waals surface area (Å²) in [6.45, 7) is 1.49. The topological polar surface area (TPSA) is 68.0 Å². The van der Waals surface area contributed by atoms with Gasteiger partial charge in [0.2, 0.25) is 5.91 Å². The fourth-order valence-electron chi connectivity index (χ4n) is 4.04. The molecule has 1 aliphatic carbocycles.